The largest absolute Gasteiger partial charge is 0.381 e. The first kappa shape index (κ1) is 18.8. The molecule has 3 rings (SSSR count). The van der Waals surface area contributed by atoms with Gasteiger partial charge in [-0.05, 0) is 32.6 Å². The van der Waals surface area contributed by atoms with Crippen LogP contribution in [0.15, 0.2) is 10.6 Å². The quantitative estimate of drug-likeness (QED) is 0.772. The van der Waals surface area contributed by atoms with E-state index in [4.69, 9.17) is 9.26 Å². The van der Waals surface area contributed by atoms with Gasteiger partial charge in [-0.1, -0.05) is 12.1 Å². The summed E-state index contributed by atoms with van der Waals surface area (Å²) in [6.45, 7) is 6.58. The molecule has 0 aromatic carbocycles. The molecular formula is C18H28N4O4. The maximum Gasteiger partial charge on any atom is 0.290 e. The fourth-order valence-corrected chi connectivity index (χ4v) is 3.78. The molecule has 144 valence electrons. The maximum absolute atomic E-state index is 12.5. The molecule has 1 aromatic heterocycles. The van der Waals surface area contributed by atoms with E-state index in [-0.39, 0.29) is 29.7 Å². The Morgan fingerprint density at radius 1 is 1.31 bits per heavy atom. The molecule has 0 spiro atoms. The first-order chi connectivity index (χ1) is 12.6. The van der Waals surface area contributed by atoms with E-state index in [2.05, 4.69) is 20.7 Å². The molecule has 8 nitrogen and oxygen atoms in total. The standard InChI is InChI=1S/C18H28N4O4/c1-3-12-10-16(26-21-12)18(24)20-13-9-15(17(23)19-4-2)22(11-13)14-5-7-25-8-6-14/h10,13-15H,3-9,11H2,1-2H3,(H,19,23)(H,20,24)/t13-,15-/m0/s1. The fraction of sp³-hybridized carbons (Fsp3) is 0.722. The third-order valence-corrected chi connectivity index (χ3v) is 5.13. The molecule has 1 aromatic rings. The smallest absolute Gasteiger partial charge is 0.290 e. The van der Waals surface area contributed by atoms with Crippen LogP contribution in [0.3, 0.4) is 0 Å². The number of ether oxygens (including phenoxy) is 1. The second-order valence-corrected chi connectivity index (χ2v) is 6.89. The Morgan fingerprint density at radius 3 is 2.73 bits per heavy atom. The van der Waals surface area contributed by atoms with E-state index in [1.54, 1.807) is 6.07 Å². The summed E-state index contributed by atoms with van der Waals surface area (Å²) in [5.74, 6) is -0.0183. The van der Waals surface area contributed by atoms with Crippen molar-refractivity contribution in [3.05, 3.63) is 17.5 Å². The summed E-state index contributed by atoms with van der Waals surface area (Å²) in [5, 5.41) is 9.78. The van der Waals surface area contributed by atoms with E-state index in [1.807, 2.05) is 13.8 Å². The molecule has 2 atom stereocenters. The lowest BCUT2D eigenvalue weighted by atomic mass is 10.1. The van der Waals surface area contributed by atoms with Crippen molar-refractivity contribution in [1.29, 1.82) is 0 Å². The molecule has 3 heterocycles. The number of carbonyl (C=O) groups excluding carboxylic acids is 2. The van der Waals surface area contributed by atoms with Gasteiger partial charge >= 0.3 is 0 Å². The van der Waals surface area contributed by atoms with E-state index in [9.17, 15) is 9.59 Å². The minimum Gasteiger partial charge on any atom is -0.381 e. The number of amides is 2. The van der Waals surface area contributed by atoms with Gasteiger partial charge in [0.05, 0.1) is 11.7 Å². The Hall–Kier alpha value is -1.93. The summed E-state index contributed by atoms with van der Waals surface area (Å²) < 4.78 is 10.6. The number of nitrogens with zero attached hydrogens (tertiary/aromatic N) is 2. The SMILES string of the molecule is CCNC(=O)[C@@H]1C[C@H](NC(=O)c2cc(CC)no2)CN1C1CCOCC1. The molecule has 8 heteroatoms. The molecule has 2 saturated heterocycles. The third kappa shape index (κ3) is 4.24. The normalized spacial score (nSPS) is 24.5. The topological polar surface area (TPSA) is 96.7 Å². The lowest BCUT2D eigenvalue weighted by molar-refractivity contribution is -0.126. The molecule has 2 N–H and O–H groups in total. The molecule has 0 saturated carbocycles. The van der Waals surface area contributed by atoms with Crippen LogP contribution in [0, 0.1) is 0 Å². The Balaban J connectivity index is 1.66. The van der Waals surface area contributed by atoms with Crippen LogP contribution in [-0.2, 0) is 16.0 Å². The van der Waals surface area contributed by atoms with Crippen molar-refractivity contribution < 1.29 is 18.8 Å². The summed E-state index contributed by atoms with van der Waals surface area (Å²) in [4.78, 5) is 27.2. The minimum absolute atomic E-state index is 0.0312. The lowest BCUT2D eigenvalue weighted by Gasteiger charge is -2.34. The zero-order valence-corrected chi connectivity index (χ0v) is 15.5. The van der Waals surface area contributed by atoms with Crippen molar-refractivity contribution >= 4 is 11.8 Å². The number of aryl methyl sites for hydroxylation is 1. The van der Waals surface area contributed by atoms with E-state index in [1.165, 1.54) is 0 Å². The highest BCUT2D eigenvalue weighted by atomic mass is 16.5. The predicted octanol–water partition coefficient (Wildman–Crippen LogP) is 0.725. The number of hydrogen-bond donors (Lipinski definition) is 2. The minimum atomic E-state index is -0.273. The Morgan fingerprint density at radius 2 is 2.08 bits per heavy atom. The molecular weight excluding hydrogens is 336 g/mol. The molecule has 26 heavy (non-hydrogen) atoms. The zero-order valence-electron chi connectivity index (χ0n) is 15.5. The van der Waals surface area contributed by atoms with Gasteiger partial charge in [0, 0.05) is 44.5 Å². The third-order valence-electron chi connectivity index (χ3n) is 5.13. The van der Waals surface area contributed by atoms with E-state index in [0.29, 0.717) is 25.6 Å². The van der Waals surface area contributed by atoms with Gasteiger partial charge in [-0.15, -0.1) is 0 Å². The van der Waals surface area contributed by atoms with Crippen molar-refractivity contribution in [2.45, 2.75) is 57.7 Å². The predicted molar refractivity (Wildman–Crippen MR) is 94.8 cm³/mol. The number of likely N-dealkylation sites (N-methyl/N-ethyl adjacent to an activating group) is 1. The molecule has 2 amide bonds. The van der Waals surface area contributed by atoms with Gasteiger partial charge in [0.2, 0.25) is 11.7 Å². The number of carbonyl (C=O) groups is 2. The van der Waals surface area contributed by atoms with Crippen LogP contribution >= 0.6 is 0 Å². The van der Waals surface area contributed by atoms with Crippen LogP contribution < -0.4 is 10.6 Å². The highest BCUT2D eigenvalue weighted by molar-refractivity contribution is 5.91. The van der Waals surface area contributed by atoms with Crippen molar-refractivity contribution in [1.82, 2.24) is 20.7 Å². The Kier molecular flexibility index (Phi) is 6.26. The zero-order chi connectivity index (χ0) is 18.5. The molecule has 0 aliphatic carbocycles. The van der Waals surface area contributed by atoms with Crippen LogP contribution in [-0.4, -0.2) is 66.3 Å². The average molecular weight is 364 g/mol. The second kappa shape index (κ2) is 8.64. The van der Waals surface area contributed by atoms with Gasteiger partial charge < -0.3 is 19.9 Å². The summed E-state index contributed by atoms with van der Waals surface area (Å²) in [7, 11) is 0. The number of likely N-dealkylation sites (tertiary alicyclic amines) is 1. The van der Waals surface area contributed by atoms with Crippen LogP contribution in [0.1, 0.15) is 49.4 Å². The van der Waals surface area contributed by atoms with E-state index < -0.39 is 0 Å². The molecule has 2 aliphatic heterocycles. The first-order valence-corrected chi connectivity index (χ1v) is 9.50. The van der Waals surface area contributed by atoms with Crippen molar-refractivity contribution in [2.75, 3.05) is 26.3 Å². The molecule has 2 aliphatic rings. The number of nitrogens with one attached hydrogen (secondary N) is 2. The van der Waals surface area contributed by atoms with Crippen molar-refractivity contribution in [2.24, 2.45) is 0 Å². The number of aromatic nitrogens is 1. The van der Waals surface area contributed by atoms with E-state index in [0.717, 1.165) is 38.2 Å². The van der Waals surface area contributed by atoms with Crippen LogP contribution in [0.25, 0.3) is 0 Å². The molecule has 0 radical (unpaired) electrons. The first-order valence-electron chi connectivity index (χ1n) is 9.50. The fourth-order valence-electron chi connectivity index (χ4n) is 3.78. The monoisotopic (exact) mass is 364 g/mol. The Labute approximate surface area is 153 Å². The Bertz CT molecular complexity index is 626. The van der Waals surface area contributed by atoms with Gasteiger partial charge in [0.15, 0.2) is 0 Å². The highest BCUT2D eigenvalue weighted by Gasteiger charge is 2.41. The molecule has 2 fully saturated rings. The molecule has 0 bridgehead atoms. The van der Waals surface area contributed by atoms with Gasteiger partial charge in [0.25, 0.3) is 5.91 Å². The van der Waals surface area contributed by atoms with Crippen molar-refractivity contribution in [3.8, 4) is 0 Å². The van der Waals surface area contributed by atoms with Crippen LogP contribution in [0.2, 0.25) is 0 Å². The maximum atomic E-state index is 12.5. The summed E-state index contributed by atoms with van der Waals surface area (Å²) >= 11 is 0. The van der Waals surface area contributed by atoms with Gasteiger partial charge in [0.1, 0.15) is 0 Å². The second-order valence-electron chi connectivity index (χ2n) is 6.89. The van der Waals surface area contributed by atoms with Gasteiger partial charge in [-0.2, -0.15) is 0 Å². The van der Waals surface area contributed by atoms with Crippen molar-refractivity contribution in [3.63, 3.8) is 0 Å². The van der Waals surface area contributed by atoms with Gasteiger partial charge in [-0.3, -0.25) is 14.5 Å². The number of rotatable bonds is 6. The average Bonchev–Trinajstić information content (AvgIpc) is 3.29. The number of hydrogen-bond acceptors (Lipinski definition) is 6. The van der Waals surface area contributed by atoms with Crippen LogP contribution in [0.4, 0.5) is 0 Å². The molecule has 0 unspecified atom stereocenters. The summed E-state index contributed by atoms with van der Waals surface area (Å²) in [6.07, 6.45) is 3.15. The lowest BCUT2D eigenvalue weighted by Crippen LogP contribution is -2.49. The van der Waals surface area contributed by atoms with Crippen LogP contribution in [0.5, 0.6) is 0 Å². The van der Waals surface area contributed by atoms with E-state index >= 15 is 0 Å². The summed E-state index contributed by atoms with van der Waals surface area (Å²) in [6, 6.07) is 1.68. The van der Waals surface area contributed by atoms with Gasteiger partial charge in [-0.25, -0.2) is 0 Å². The summed E-state index contributed by atoms with van der Waals surface area (Å²) in [5.41, 5.74) is 0.755. The highest BCUT2D eigenvalue weighted by Crippen LogP contribution is 2.26.